The Morgan fingerprint density at radius 1 is 1.33 bits per heavy atom. The van der Waals surface area contributed by atoms with Gasteiger partial charge in [0.1, 0.15) is 0 Å². The van der Waals surface area contributed by atoms with Gasteiger partial charge < -0.3 is 5.32 Å². The molecule has 0 spiro atoms. The summed E-state index contributed by atoms with van der Waals surface area (Å²) in [6.07, 6.45) is 1.16. The van der Waals surface area contributed by atoms with Crippen LogP contribution < -0.4 is 5.32 Å². The Kier molecular flexibility index (Phi) is 3.27. The SMILES string of the molecule is CCNc1ncc(F)c(-n2nc(C)c(C)c2C)n1. The molecular weight excluding hydrogens is 233 g/mol. The van der Waals surface area contributed by atoms with Gasteiger partial charge in [-0.05, 0) is 33.3 Å². The second kappa shape index (κ2) is 4.72. The average Bonchev–Trinajstić information content (AvgIpc) is 2.60. The van der Waals surface area contributed by atoms with Crippen molar-refractivity contribution >= 4 is 5.95 Å². The van der Waals surface area contributed by atoms with E-state index in [2.05, 4.69) is 20.4 Å². The van der Waals surface area contributed by atoms with Gasteiger partial charge in [-0.3, -0.25) is 0 Å². The fourth-order valence-corrected chi connectivity index (χ4v) is 1.68. The summed E-state index contributed by atoms with van der Waals surface area (Å²) in [7, 11) is 0. The van der Waals surface area contributed by atoms with Gasteiger partial charge in [-0.1, -0.05) is 0 Å². The zero-order valence-corrected chi connectivity index (χ0v) is 11.0. The van der Waals surface area contributed by atoms with E-state index in [4.69, 9.17) is 0 Å². The second-order valence-electron chi connectivity index (χ2n) is 4.10. The van der Waals surface area contributed by atoms with Crippen LogP contribution in [0.5, 0.6) is 0 Å². The van der Waals surface area contributed by atoms with Crippen molar-refractivity contribution in [2.45, 2.75) is 27.7 Å². The first-order valence-electron chi connectivity index (χ1n) is 5.84. The maximum atomic E-state index is 13.8. The Bertz CT molecular complexity index is 576. The maximum absolute atomic E-state index is 13.8. The van der Waals surface area contributed by atoms with Crippen molar-refractivity contribution in [3.8, 4) is 5.82 Å². The summed E-state index contributed by atoms with van der Waals surface area (Å²) in [6.45, 7) is 8.35. The van der Waals surface area contributed by atoms with Crippen LogP contribution in [0.3, 0.4) is 0 Å². The van der Waals surface area contributed by atoms with Crippen LogP contribution in [0.1, 0.15) is 23.9 Å². The second-order valence-corrected chi connectivity index (χ2v) is 4.10. The van der Waals surface area contributed by atoms with Crippen LogP contribution in [0.15, 0.2) is 6.20 Å². The molecule has 0 aliphatic heterocycles. The summed E-state index contributed by atoms with van der Waals surface area (Å²) >= 11 is 0. The van der Waals surface area contributed by atoms with E-state index in [9.17, 15) is 4.39 Å². The highest BCUT2D eigenvalue weighted by atomic mass is 19.1. The number of nitrogens with zero attached hydrogens (tertiary/aromatic N) is 4. The Morgan fingerprint density at radius 3 is 2.61 bits per heavy atom. The van der Waals surface area contributed by atoms with Crippen LogP contribution in [0.25, 0.3) is 5.82 Å². The van der Waals surface area contributed by atoms with Crippen molar-refractivity contribution in [1.82, 2.24) is 19.7 Å². The molecule has 2 rings (SSSR count). The number of hydrogen-bond acceptors (Lipinski definition) is 4. The molecule has 0 aliphatic rings. The molecule has 18 heavy (non-hydrogen) atoms. The first-order chi connectivity index (χ1) is 8.54. The molecule has 0 fully saturated rings. The molecule has 2 aromatic rings. The average molecular weight is 249 g/mol. The van der Waals surface area contributed by atoms with Crippen molar-refractivity contribution in [1.29, 1.82) is 0 Å². The Hall–Kier alpha value is -1.98. The van der Waals surface area contributed by atoms with Crippen LogP contribution >= 0.6 is 0 Å². The van der Waals surface area contributed by atoms with E-state index in [1.165, 1.54) is 4.68 Å². The van der Waals surface area contributed by atoms with E-state index < -0.39 is 5.82 Å². The van der Waals surface area contributed by atoms with Crippen LogP contribution in [-0.2, 0) is 0 Å². The zero-order chi connectivity index (χ0) is 13.3. The first kappa shape index (κ1) is 12.5. The van der Waals surface area contributed by atoms with Crippen LogP contribution in [0, 0.1) is 26.6 Å². The standard InChI is InChI=1S/C12H16FN5/c1-5-14-12-15-6-10(13)11(16-12)18-9(4)7(2)8(3)17-18/h6H,5H2,1-4H3,(H,14,15,16). The molecule has 0 saturated heterocycles. The third-order valence-electron chi connectivity index (χ3n) is 2.91. The van der Waals surface area contributed by atoms with E-state index in [1.807, 2.05) is 27.7 Å². The molecule has 1 N–H and O–H groups in total. The largest absolute Gasteiger partial charge is 0.354 e. The van der Waals surface area contributed by atoms with Crippen LogP contribution in [0.4, 0.5) is 10.3 Å². The lowest BCUT2D eigenvalue weighted by molar-refractivity contribution is 0.590. The van der Waals surface area contributed by atoms with Gasteiger partial charge in [0, 0.05) is 12.2 Å². The third kappa shape index (κ3) is 2.05. The summed E-state index contributed by atoms with van der Waals surface area (Å²) < 4.78 is 15.3. The summed E-state index contributed by atoms with van der Waals surface area (Å²) in [5.41, 5.74) is 2.79. The Morgan fingerprint density at radius 2 is 2.06 bits per heavy atom. The Balaban J connectivity index is 2.55. The Labute approximate surface area is 105 Å². The fourth-order valence-electron chi connectivity index (χ4n) is 1.68. The molecule has 0 bridgehead atoms. The number of nitrogens with one attached hydrogen (secondary N) is 1. The topological polar surface area (TPSA) is 55.6 Å². The van der Waals surface area contributed by atoms with Crippen molar-refractivity contribution < 1.29 is 4.39 Å². The van der Waals surface area contributed by atoms with Crippen molar-refractivity contribution in [2.75, 3.05) is 11.9 Å². The minimum absolute atomic E-state index is 0.176. The number of rotatable bonds is 3. The number of halogens is 1. The van der Waals surface area contributed by atoms with Gasteiger partial charge in [-0.25, -0.2) is 14.1 Å². The lowest BCUT2D eigenvalue weighted by Crippen LogP contribution is -2.10. The number of anilines is 1. The minimum Gasteiger partial charge on any atom is -0.354 e. The predicted molar refractivity (Wildman–Crippen MR) is 67.5 cm³/mol. The van der Waals surface area contributed by atoms with E-state index >= 15 is 0 Å². The molecule has 0 saturated carbocycles. The van der Waals surface area contributed by atoms with Gasteiger partial charge in [-0.2, -0.15) is 10.1 Å². The molecule has 6 heteroatoms. The van der Waals surface area contributed by atoms with Gasteiger partial charge in [0.15, 0.2) is 11.6 Å². The molecule has 0 amide bonds. The maximum Gasteiger partial charge on any atom is 0.224 e. The first-order valence-corrected chi connectivity index (χ1v) is 5.84. The molecule has 0 atom stereocenters. The van der Waals surface area contributed by atoms with E-state index in [1.54, 1.807) is 0 Å². The lowest BCUT2D eigenvalue weighted by atomic mass is 10.2. The van der Waals surface area contributed by atoms with Crippen LogP contribution in [0.2, 0.25) is 0 Å². The predicted octanol–water partition coefficient (Wildman–Crippen LogP) is 2.16. The highest BCUT2D eigenvalue weighted by Gasteiger charge is 2.15. The monoisotopic (exact) mass is 249 g/mol. The summed E-state index contributed by atoms with van der Waals surface area (Å²) in [5, 5.41) is 7.26. The summed E-state index contributed by atoms with van der Waals surface area (Å²) in [4.78, 5) is 8.03. The molecule has 2 aromatic heterocycles. The summed E-state index contributed by atoms with van der Waals surface area (Å²) in [5.74, 6) is 0.0935. The third-order valence-corrected chi connectivity index (χ3v) is 2.91. The smallest absolute Gasteiger partial charge is 0.224 e. The van der Waals surface area contributed by atoms with E-state index in [0.717, 1.165) is 23.1 Å². The number of aromatic nitrogens is 4. The molecule has 2 heterocycles. The van der Waals surface area contributed by atoms with Gasteiger partial charge in [-0.15, -0.1) is 0 Å². The molecule has 0 aromatic carbocycles. The van der Waals surface area contributed by atoms with E-state index in [0.29, 0.717) is 12.5 Å². The normalized spacial score (nSPS) is 10.7. The summed E-state index contributed by atoms with van der Waals surface area (Å²) in [6, 6.07) is 0. The zero-order valence-electron chi connectivity index (χ0n) is 11.0. The van der Waals surface area contributed by atoms with Crippen LogP contribution in [-0.4, -0.2) is 26.3 Å². The van der Waals surface area contributed by atoms with Gasteiger partial charge >= 0.3 is 0 Å². The van der Waals surface area contributed by atoms with Gasteiger partial charge in [0.2, 0.25) is 5.95 Å². The lowest BCUT2D eigenvalue weighted by Gasteiger charge is -2.07. The van der Waals surface area contributed by atoms with E-state index in [-0.39, 0.29) is 5.82 Å². The van der Waals surface area contributed by atoms with Crippen molar-refractivity contribution in [2.24, 2.45) is 0 Å². The van der Waals surface area contributed by atoms with Gasteiger partial charge in [0.05, 0.1) is 11.9 Å². The number of hydrogen-bond donors (Lipinski definition) is 1. The highest BCUT2D eigenvalue weighted by molar-refractivity contribution is 5.36. The highest BCUT2D eigenvalue weighted by Crippen LogP contribution is 2.18. The van der Waals surface area contributed by atoms with Crippen molar-refractivity contribution in [3.05, 3.63) is 29.0 Å². The molecule has 96 valence electrons. The number of aryl methyl sites for hydroxylation is 1. The minimum atomic E-state index is -0.484. The molecule has 0 unspecified atom stereocenters. The molecular formula is C12H16FN5. The molecule has 5 nitrogen and oxygen atoms in total. The molecule has 0 aliphatic carbocycles. The fraction of sp³-hybridized carbons (Fsp3) is 0.417. The molecule has 0 radical (unpaired) electrons. The quantitative estimate of drug-likeness (QED) is 0.905. The van der Waals surface area contributed by atoms with Crippen molar-refractivity contribution in [3.63, 3.8) is 0 Å². The van der Waals surface area contributed by atoms with Gasteiger partial charge in [0.25, 0.3) is 0 Å².